The summed E-state index contributed by atoms with van der Waals surface area (Å²) in [6.45, 7) is 2.19. The van der Waals surface area contributed by atoms with E-state index < -0.39 is 0 Å². The lowest BCUT2D eigenvalue weighted by Gasteiger charge is -1.99. The van der Waals surface area contributed by atoms with E-state index in [1.165, 1.54) is 16.9 Å². The van der Waals surface area contributed by atoms with E-state index in [4.69, 9.17) is 0 Å². The Morgan fingerprint density at radius 1 is 1.40 bits per heavy atom. The molecule has 0 aromatic heterocycles. The summed E-state index contributed by atoms with van der Waals surface area (Å²) in [6.07, 6.45) is 0. The second kappa shape index (κ2) is 2.31. The van der Waals surface area contributed by atoms with Crippen molar-refractivity contribution >= 4 is 11.8 Å². The van der Waals surface area contributed by atoms with Crippen LogP contribution < -0.4 is 0 Å². The Morgan fingerprint density at radius 3 is 2.70 bits per heavy atom. The standard InChI is InChI=1S/C9H10S/c1-7-4-2-3-5-8(7)9-6-10-9/h2-5,9H,6H2,1H3. The fraction of sp³-hybridized carbons (Fsp3) is 0.333. The van der Waals surface area contributed by atoms with Crippen molar-refractivity contribution in [2.75, 3.05) is 5.75 Å². The van der Waals surface area contributed by atoms with Crippen molar-refractivity contribution in [1.29, 1.82) is 0 Å². The first kappa shape index (κ1) is 6.29. The summed E-state index contributed by atoms with van der Waals surface area (Å²) in [4.78, 5) is 0. The van der Waals surface area contributed by atoms with E-state index >= 15 is 0 Å². The minimum absolute atomic E-state index is 0.821. The van der Waals surface area contributed by atoms with Gasteiger partial charge in [0.25, 0.3) is 0 Å². The van der Waals surface area contributed by atoms with Gasteiger partial charge in [-0.05, 0) is 18.1 Å². The highest BCUT2D eigenvalue weighted by atomic mass is 32.2. The number of thioether (sulfide) groups is 1. The molecule has 1 saturated heterocycles. The van der Waals surface area contributed by atoms with Gasteiger partial charge in [0.15, 0.2) is 0 Å². The Bertz CT molecular complexity index is 238. The van der Waals surface area contributed by atoms with E-state index in [0.29, 0.717) is 0 Å². The van der Waals surface area contributed by atoms with Crippen molar-refractivity contribution in [2.45, 2.75) is 12.2 Å². The molecule has 0 radical (unpaired) electrons. The molecule has 1 aliphatic heterocycles. The Kier molecular flexibility index (Phi) is 1.46. The lowest BCUT2D eigenvalue weighted by atomic mass is 10.1. The quantitative estimate of drug-likeness (QED) is 0.555. The summed E-state index contributed by atoms with van der Waals surface area (Å²) >= 11 is 2.04. The number of rotatable bonds is 1. The number of aryl methyl sites for hydroxylation is 1. The van der Waals surface area contributed by atoms with Gasteiger partial charge in [0, 0.05) is 11.0 Å². The molecule has 0 spiro atoms. The summed E-state index contributed by atoms with van der Waals surface area (Å²) in [5.41, 5.74) is 2.98. The molecule has 1 aliphatic rings. The minimum Gasteiger partial charge on any atom is -0.151 e. The number of hydrogen-bond donors (Lipinski definition) is 0. The van der Waals surface area contributed by atoms with Gasteiger partial charge in [-0.3, -0.25) is 0 Å². The molecule has 0 nitrogen and oxygen atoms in total. The average molecular weight is 150 g/mol. The number of hydrogen-bond acceptors (Lipinski definition) is 1. The molecule has 1 aromatic carbocycles. The average Bonchev–Trinajstić information content (AvgIpc) is 2.71. The van der Waals surface area contributed by atoms with Gasteiger partial charge >= 0.3 is 0 Å². The van der Waals surface area contributed by atoms with Gasteiger partial charge in [-0.25, -0.2) is 0 Å². The minimum atomic E-state index is 0.821. The van der Waals surface area contributed by atoms with Crippen molar-refractivity contribution in [3.8, 4) is 0 Å². The number of benzene rings is 1. The first-order valence-corrected chi connectivity index (χ1v) is 4.60. The molecular weight excluding hydrogens is 140 g/mol. The Labute approximate surface area is 65.6 Å². The molecule has 1 unspecified atom stereocenters. The molecule has 0 amide bonds. The summed E-state index contributed by atoms with van der Waals surface area (Å²) in [5, 5.41) is 0.821. The van der Waals surface area contributed by atoms with Crippen molar-refractivity contribution in [3.63, 3.8) is 0 Å². The zero-order chi connectivity index (χ0) is 6.97. The predicted molar refractivity (Wildman–Crippen MR) is 46.4 cm³/mol. The van der Waals surface area contributed by atoms with Gasteiger partial charge in [-0.15, -0.1) is 0 Å². The molecule has 52 valence electrons. The molecule has 0 N–H and O–H groups in total. The molecule has 10 heavy (non-hydrogen) atoms. The van der Waals surface area contributed by atoms with Crippen LogP contribution in [-0.2, 0) is 0 Å². The highest BCUT2D eigenvalue weighted by molar-refractivity contribution is 8.06. The van der Waals surface area contributed by atoms with Crippen molar-refractivity contribution < 1.29 is 0 Å². The molecule has 0 aliphatic carbocycles. The molecule has 1 heterocycles. The van der Waals surface area contributed by atoms with Gasteiger partial charge in [0.05, 0.1) is 0 Å². The lowest BCUT2D eigenvalue weighted by Crippen LogP contribution is -1.82. The molecule has 0 saturated carbocycles. The molecule has 0 bridgehead atoms. The summed E-state index contributed by atoms with van der Waals surface area (Å²) < 4.78 is 0. The van der Waals surface area contributed by atoms with Crippen LogP contribution in [0.5, 0.6) is 0 Å². The largest absolute Gasteiger partial charge is 0.151 e. The van der Waals surface area contributed by atoms with Crippen LogP contribution in [-0.4, -0.2) is 5.75 Å². The summed E-state index contributed by atoms with van der Waals surface area (Å²) in [7, 11) is 0. The van der Waals surface area contributed by atoms with Crippen molar-refractivity contribution in [1.82, 2.24) is 0 Å². The van der Waals surface area contributed by atoms with Crippen LogP contribution in [0.4, 0.5) is 0 Å². The summed E-state index contributed by atoms with van der Waals surface area (Å²) in [5.74, 6) is 1.32. The van der Waals surface area contributed by atoms with Crippen molar-refractivity contribution in [3.05, 3.63) is 35.4 Å². The van der Waals surface area contributed by atoms with Crippen LogP contribution in [0.25, 0.3) is 0 Å². The maximum absolute atomic E-state index is 2.24. The highest BCUT2D eigenvalue weighted by Crippen LogP contribution is 2.46. The molecule has 1 heteroatoms. The smallest absolute Gasteiger partial charge is 0.0391 e. The van der Waals surface area contributed by atoms with E-state index in [1.54, 1.807) is 0 Å². The lowest BCUT2D eigenvalue weighted by molar-refractivity contribution is 1.18. The van der Waals surface area contributed by atoms with Crippen LogP contribution >= 0.6 is 11.8 Å². The maximum Gasteiger partial charge on any atom is 0.0391 e. The van der Waals surface area contributed by atoms with E-state index in [0.717, 1.165) is 5.25 Å². The van der Waals surface area contributed by atoms with Crippen LogP contribution in [0.1, 0.15) is 16.4 Å². The monoisotopic (exact) mass is 150 g/mol. The maximum atomic E-state index is 2.24. The molecule has 2 rings (SSSR count). The molecule has 1 aromatic rings. The first-order chi connectivity index (χ1) is 4.88. The Hall–Kier alpha value is -0.430. The van der Waals surface area contributed by atoms with E-state index in [1.807, 2.05) is 11.8 Å². The SMILES string of the molecule is Cc1ccccc1C1CS1. The van der Waals surface area contributed by atoms with Gasteiger partial charge < -0.3 is 0 Å². The Balaban J connectivity index is 2.39. The summed E-state index contributed by atoms with van der Waals surface area (Å²) in [6, 6.07) is 8.65. The second-order valence-corrected chi connectivity index (χ2v) is 3.91. The third-order valence-electron chi connectivity index (χ3n) is 1.87. The highest BCUT2D eigenvalue weighted by Gasteiger charge is 2.25. The van der Waals surface area contributed by atoms with Gasteiger partial charge in [-0.1, -0.05) is 24.3 Å². The fourth-order valence-electron chi connectivity index (χ4n) is 1.18. The fourth-order valence-corrected chi connectivity index (χ4v) is 1.90. The zero-order valence-corrected chi connectivity index (χ0v) is 6.82. The van der Waals surface area contributed by atoms with Crippen molar-refractivity contribution in [2.24, 2.45) is 0 Å². The van der Waals surface area contributed by atoms with Crippen LogP contribution in [0, 0.1) is 6.92 Å². The van der Waals surface area contributed by atoms with Gasteiger partial charge in [0.1, 0.15) is 0 Å². The molecule has 1 atom stereocenters. The topological polar surface area (TPSA) is 0 Å². The predicted octanol–water partition coefficient (Wildman–Crippen LogP) is 2.78. The van der Waals surface area contributed by atoms with Gasteiger partial charge in [0.2, 0.25) is 0 Å². The van der Waals surface area contributed by atoms with Gasteiger partial charge in [-0.2, -0.15) is 11.8 Å². The molecular formula is C9H10S. The zero-order valence-electron chi connectivity index (χ0n) is 6.00. The Morgan fingerprint density at radius 2 is 2.10 bits per heavy atom. The van der Waals surface area contributed by atoms with E-state index in [9.17, 15) is 0 Å². The van der Waals surface area contributed by atoms with E-state index in [-0.39, 0.29) is 0 Å². The van der Waals surface area contributed by atoms with E-state index in [2.05, 4.69) is 31.2 Å². The van der Waals surface area contributed by atoms with Crippen LogP contribution in [0.2, 0.25) is 0 Å². The normalized spacial score (nSPS) is 22.7. The van der Waals surface area contributed by atoms with Crippen LogP contribution in [0.3, 0.4) is 0 Å². The third-order valence-corrected chi connectivity index (χ3v) is 2.79. The first-order valence-electron chi connectivity index (χ1n) is 3.55. The second-order valence-electron chi connectivity index (χ2n) is 2.68. The van der Waals surface area contributed by atoms with Crippen LogP contribution in [0.15, 0.2) is 24.3 Å². The third kappa shape index (κ3) is 1.06. The molecule has 1 fully saturated rings.